The molecule has 2 amide bonds. The quantitative estimate of drug-likeness (QED) is 0.761. The summed E-state index contributed by atoms with van der Waals surface area (Å²) in [5, 5.41) is 8.20. The molecule has 0 saturated carbocycles. The predicted molar refractivity (Wildman–Crippen MR) is 107 cm³/mol. The van der Waals surface area contributed by atoms with Gasteiger partial charge in [0.25, 0.3) is 5.91 Å². The van der Waals surface area contributed by atoms with E-state index in [1.165, 1.54) is 0 Å². The molecule has 1 saturated heterocycles. The minimum Gasteiger partial charge on any atom is -0.339 e. The summed E-state index contributed by atoms with van der Waals surface area (Å²) < 4.78 is 1.72. The average molecular weight is 377 g/mol. The number of anilines is 1. The summed E-state index contributed by atoms with van der Waals surface area (Å²) in [7, 11) is 1.84. The molecule has 2 aromatic heterocycles. The number of para-hydroxylation sites is 1. The zero-order valence-corrected chi connectivity index (χ0v) is 16.1. The third-order valence-corrected chi connectivity index (χ3v) is 5.30. The SMILES string of the molecule is Cc1nn(C)c2ncc(C(=O)N3CCC(C(=O)Nc4ccccc4)CC3)cc12. The van der Waals surface area contributed by atoms with Gasteiger partial charge in [0.15, 0.2) is 5.65 Å². The Kier molecular flexibility index (Phi) is 4.81. The molecule has 7 heteroatoms. The fraction of sp³-hybridized carbons (Fsp3) is 0.333. The van der Waals surface area contributed by atoms with Crippen LogP contribution in [0.4, 0.5) is 5.69 Å². The van der Waals surface area contributed by atoms with Gasteiger partial charge in [-0.25, -0.2) is 4.98 Å². The highest BCUT2D eigenvalue weighted by molar-refractivity contribution is 5.98. The van der Waals surface area contributed by atoms with Crippen LogP contribution in [0.5, 0.6) is 0 Å². The number of nitrogens with one attached hydrogen (secondary N) is 1. The number of aromatic nitrogens is 3. The predicted octanol–water partition coefficient (Wildman–Crippen LogP) is 2.77. The Morgan fingerprint density at radius 1 is 1.14 bits per heavy atom. The number of likely N-dealkylation sites (tertiary alicyclic amines) is 1. The number of carbonyl (C=O) groups excluding carboxylic acids is 2. The van der Waals surface area contributed by atoms with Crippen molar-refractivity contribution in [2.75, 3.05) is 18.4 Å². The normalized spacial score (nSPS) is 15.0. The van der Waals surface area contributed by atoms with Crippen LogP contribution in [0, 0.1) is 12.8 Å². The van der Waals surface area contributed by atoms with Crippen molar-refractivity contribution in [2.45, 2.75) is 19.8 Å². The zero-order valence-electron chi connectivity index (χ0n) is 16.1. The molecule has 1 aliphatic rings. The molecule has 28 heavy (non-hydrogen) atoms. The van der Waals surface area contributed by atoms with Gasteiger partial charge in [0.1, 0.15) is 0 Å². The van der Waals surface area contributed by atoms with Gasteiger partial charge >= 0.3 is 0 Å². The van der Waals surface area contributed by atoms with E-state index in [1.54, 1.807) is 15.8 Å². The van der Waals surface area contributed by atoms with Crippen LogP contribution in [0.15, 0.2) is 42.6 Å². The van der Waals surface area contributed by atoms with Crippen molar-refractivity contribution in [1.29, 1.82) is 0 Å². The molecule has 4 rings (SSSR count). The number of hydrogen-bond acceptors (Lipinski definition) is 4. The first-order valence-electron chi connectivity index (χ1n) is 9.47. The van der Waals surface area contributed by atoms with Gasteiger partial charge in [0.2, 0.25) is 5.91 Å². The van der Waals surface area contributed by atoms with Gasteiger partial charge in [-0.2, -0.15) is 5.10 Å². The monoisotopic (exact) mass is 377 g/mol. The summed E-state index contributed by atoms with van der Waals surface area (Å²) in [6.45, 7) is 3.04. The largest absolute Gasteiger partial charge is 0.339 e. The summed E-state index contributed by atoms with van der Waals surface area (Å²) in [6, 6.07) is 11.3. The van der Waals surface area contributed by atoms with Gasteiger partial charge in [-0.3, -0.25) is 14.3 Å². The smallest absolute Gasteiger partial charge is 0.255 e. The van der Waals surface area contributed by atoms with E-state index in [1.807, 2.05) is 50.4 Å². The van der Waals surface area contributed by atoms with Gasteiger partial charge in [-0.15, -0.1) is 0 Å². The van der Waals surface area contributed by atoms with Crippen LogP contribution in [-0.2, 0) is 11.8 Å². The van der Waals surface area contributed by atoms with E-state index < -0.39 is 0 Å². The topological polar surface area (TPSA) is 80.1 Å². The molecule has 0 spiro atoms. The van der Waals surface area contributed by atoms with Crippen molar-refractivity contribution in [3.05, 3.63) is 53.9 Å². The summed E-state index contributed by atoms with van der Waals surface area (Å²) in [5.41, 5.74) is 2.99. The van der Waals surface area contributed by atoms with Crippen LogP contribution in [-0.4, -0.2) is 44.6 Å². The molecule has 1 fully saturated rings. The third kappa shape index (κ3) is 3.47. The van der Waals surface area contributed by atoms with Crippen molar-refractivity contribution >= 4 is 28.5 Å². The third-order valence-electron chi connectivity index (χ3n) is 5.30. The molecule has 3 aromatic rings. The molecule has 1 N–H and O–H groups in total. The van der Waals surface area contributed by atoms with E-state index in [4.69, 9.17) is 0 Å². The lowest BCUT2D eigenvalue weighted by Crippen LogP contribution is -2.41. The molecule has 0 unspecified atom stereocenters. The molecule has 7 nitrogen and oxygen atoms in total. The van der Waals surface area contributed by atoms with E-state index in [-0.39, 0.29) is 17.7 Å². The summed E-state index contributed by atoms with van der Waals surface area (Å²) in [5.74, 6) is -0.0997. The highest BCUT2D eigenvalue weighted by Gasteiger charge is 2.28. The maximum atomic E-state index is 12.9. The van der Waals surface area contributed by atoms with Crippen molar-refractivity contribution in [3.63, 3.8) is 0 Å². The van der Waals surface area contributed by atoms with Crippen LogP contribution in [0.1, 0.15) is 28.9 Å². The molecule has 0 radical (unpaired) electrons. The first-order chi connectivity index (χ1) is 13.5. The lowest BCUT2D eigenvalue weighted by Gasteiger charge is -2.31. The van der Waals surface area contributed by atoms with Crippen molar-refractivity contribution < 1.29 is 9.59 Å². The molecule has 0 aliphatic carbocycles. The maximum Gasteiger partial charge on any atom is 0.255 e. The Morgan fingerprint density at radius 2 is 1.86 bits per heavy atom. The zero-order chi connectivity index (χ0) is 19.7. The molecule has 1 aromatic carbocycles. The number of fused-ring (bicyclic) bond motifs is 1. The first-order valence-corrected chi connectivity index (χ1v) is 9.47. The Morgan fingerprint density at radius 3 is 2.57 bits per heavy atom. The van der Waals surface area contributed by atoms with Crippen LogP contribution < -0.4 is 5.32 Å². The highest BCUT2D eigenvalue weighted by Crippen LogP contribution is 2.22. The van der Waals surface area contributed by atoms with Crippen LogP contribution >= 0.6 is 0 Å². The number of benzene rings is 1. The second kappa shape index (κ2) is 7.42. The lowest BCUT2D eigenvalue weighted by molar-refractivity contribution is -0.121. The highest BCUT2D eigenvalue weighted by atomic mass is 16.2. The Labute approximate surface area is 163 Å². The fourth-order valence-electron chi connectivity index (χ4n) is 3.72. The average Bonchev–Trinajstić information content (AvgIpc) is 3.01. The molecule has 144 valence electrons. The lowest BCUT2D eigenvalue weighted by atomic mass is 9.95. The van der Waals surface area contributed by atoms with Crippen LogP contribution in [0.3, 0.4) is 0 Å². The number of piperidine rings is 1. The number of aryl methyl sites for hydroxylation is 2. The summed E-state index contributed by atoms with van der Waals surface area (Å²) >= 11 is 0. The van der Waals surface area contributed by atoms with E-state index in [0.717, 1.165) is 22.4 Å². The van der Waals surface area contributed by atoms with E-state index in [0.29, 0.717) is 31.5 Å². The van der Waals surface area contributed by atoms with Gasteiger partial charge in [0.05, 0.1) is 11.3 Å². The van der Waals surface area contributed by atoms with Gasteiger partial charge in [-0.05, 0) is 38.0 Å². The second-order valence-electron chi connectivity index (χ2n) is 7.23. The van der Waals surface area contributed by atoms with E-state index in [9.17, 15) is 9.59 Å². The van der Waals surface area contributed by atoms with Crippen molar-refractivity contribution in [2.24, 2.45) is 13.0 Å². The Balaban J connectivity index is 1.40. The molecular formula is C21H23N5O2. The van der Waals surface area contributed by atoms with Crippen LogP contribution in [0.25, 0.3) is 11.0 Å². The number of amides is 2. The summed E-state index contributed by atoms with van der Waals surface area (Å²) in [4.78, 5) is 31.6. The Bertz CT molecular complexity index is 1020. The minimum atomic E-state index is -0.0783. The maximum absolute atomic E-state index is 12.9. The second-order valence-corrected chi connectivity index (χ2v) is 7.23. The molecule has 0 atom stereocenters. The minimum absolute atomic E-state index is 0.0207. The van der Waals surface area contributed by atoms with Gasteiger partial charge < -0.3 is 10.2 Å². The first kappa shape index (κ1) is 18.2. The number of nitrogens with zero attached hydrogens (tertiary/aromatic N) is 4. The molecule has 3 heterocycles. The fourth-order valence-corrected chi connectivity index (χ4v) is 3.72. The van der Waals surface area contributed by atoms with E-state index in [2.05, 4.69) is 15.4 Å². The molecular weight excluding hydrogens is 354 g/mol. The number of carbonyl (C=O) groups is 2. The molecule has 0 bridgehead atoms. The Hall–Kier alpha value is -3.22. The van der Waals surface area contributed by atoms with Gasteiger partial charge in [0, 0.05) is 43.3 Å². The van der Waals surface area contributed by atoms with Crippen molar-refractivity contribution in [1.82, 2.24) is 19.7 Å². The number of hydrogen-bond donors (Lipinski definition) is 1. The van der Waals surface area contributed by atoms with Crippen LogP contribution in [0.2, 0.25) is 0 Å². The number of pyridine rings is 1. The van der Waals surface area contributed by atoms with Gasteiger partial charge in [-0.1, -0.05) is 18.2 Å². The molecule has 1 aliphatic heterocycles. The summed E-state index contributed by atoms with van der Waals surface area (Å²) in [6.07, 6.45) is 2.93. The number of rotatable bonds is 3. The van der Waals surface area contributed by atoms with E-state index >= 15 is 0 Å². The standard InChI is InChI=1S/C21H23N5O2/c1-14-18-12-16(13-22-19(18)25(2)24-14)21(28)26-10-8-15(9-11-26)20(27)23-17-6-4-3-5-7-17/h3-7,12-13,15H,8-11H2,1-2H3,(H,23,27). The van der Waals surface area contributed by atoms with Crippen molar-refractivity contribution in [3.8, 4) is 0 Å².